The number of rotatable bonds is 6. The van der Waals surface area contributed by atoms with Crippen LogP contribution >= 0.6 is 27.5 Å². The Morgan fingerprint density at radius 2 is 2.12 bits per heavy atom. The van der Waals surface area contributed by atoms with Gasteiger partial charge in [0, 0.05) is 22.1 Å². The van der Waals surface area contributed by atoms with Crippen LogP contribution in [0.1, 0.15) is 31.9 Å². The molecule has 2 nitrogen and oxygen atoms in total. The average Bonchev–Trinajstić information content (AvgIpc) is 2.31. The number of hydrogen-bond donors (Lipinski definition) is 1. The van der Waals surface area contributed by atoms with Gasteiger partial charge < -0.3 is 5.73 Å². The second kappa shape index (κ2) is 7.37. The molecular weight excluding hydrogens is 300 g/mol. The van der Waals surface area contributed by atoms with Crippen LogP contribution in [0.5, 0.6) is 0 Å². The van der Waals surface area contributed by atoms with Gasteiger partial charge in [-0.15, -0.1) is 0 Å². The topological polar surface area (TPSA) is 29.3 Å². The Labute approximate surface area is 117 Å². The molecule has 0 heterocycles. The molecule has 0 radical (unpaired) electrons. The summed E-state index contributed by atoms with van der Waals surface area (Å²) in [5.41, 5.74) is 7.02. The minimum atomic E-state index is 0.209. The fraction of sp³-hybridized carbons (Fsp3) is 0.538. The lowest BCUT2D eigenvalue weighted by Crippen LogP contribution is -2.34. The van der Waals surface area contributed by atoms with Crippen LogP contribution < -0.4 is 5.73 Å². The highest BCUT2D eigenvalue weighted by Gasteiger charge is 2.19. The zero-order chi connectivity index (χ0) is 12.8. The number of nitrogens with two attached hydrogens (primary N) is 1. The lowest BCUT2D eigenvalue weighted by Gasteiger charge is -2.30. The predicted octanol–water partition coefficient (Wildman–Crippen LogP) is 3.83. The van der Waals surface area contributed by atoms with E-state index >= 15 is 0 Å². The van der Waals surface area contributed by atoms with Crippen molar-refractivity contribution in [3.63, 3.8) is 0 Å². The van der Waals surface area contributed by atoms with Gasteiger partial charge in [0.2, 0.25) is 0 Å². The predicted molar refractivity (Wildman–Crippen MR) is 78.5 cm³/mol. The first-order valence-corrected chi connectivity index (χ1v) is 7.20. The standard InChI is InChI=1S/C13H20BrClN2/c1-3-7-17(4-2)13(9-16)11-6-5-10(14)8-12(11)15/h5-6,8,13H,3-4,7,9,16H2,1-2H3. The van der Waals surface area contributed by atoms with Crippen LogP contribution in [0, 0.1) is 0 Å². The molecular formula is C13H20BrClN2. The quantitative estimate of drug-likeness (QED) is 0.863. The zero-order valence-corrected chi connectivity index (χ0v) is 12.8. The van der Waals surface area contributed by atoms with Crippen LogP contribution in [-0.2, 0) is 0 Å². The molecule has 2 N–H and O–H groups in total. The molecule has 0 aliphatic rings. The van der Waals surface area contributed by atoms with Gasteiger partial charge in [0.15, 0.2) is 0 Å². The normalized spacial score (nSPS) is 13.1. The number of benzene rings is 1. The van der Waals surface area contributed by atoms with E-state index in [9.17, 15) is 0 Å². The molecule has 0 saturated heterocycles. The van der Waals surface area contributed by atoms with E-state index < -0.39 is 0 Å². The second-order valence-electron chi connectivity index (χ2n) is 4.05. The van der Waals surface area contributed by atoms with Crippen molar-refractivity contribution in [2.24, 2.45) is 5.73 Å². The number of nitrogens with zero attached hydrogens (tertiary/aromatic N) is 1. The van der Waals surface area contributed by atoms with Crippen LogP contribution in [-0.4, -0.2) is 24.5 Å². The van der Waals surface area contributed by atoms with Gasteiger partial charge in [-0.3, -0.25) is 4.90 Å². The Hall–Kier alpha value is -0.0900. The van der Waals surface area contributed by atoms with Crippen molar-refractivity contribution < 1.29 is 0 Å². The summed E-state index contributed by atoms with van der Waals surface area (Å²) in [7, 11) is 0. The maximum atomic E-state index is 6.29. The molecule has 1 aromatic carbocycles. The highest BCUT2D eigenvalue weighted by molar-refractivity contribution is 9.10. The molecule has 1 atom stereocenters. The van der Waals surface area contributed by atoms with E-state index in [0.29, 0.717) is 6.54 Å². The van der Waals surface area contributed by atoms with Crippen molar-refractivity contribution in [2.45, 2.75) is 26.3 Å². The molecule has 1 aromatic rings. The largest absolute Gasteiger partial charge is 0.329 e. The van der Waals surface area contributed by atoms with Crippen molar-refractivity contribution in [3.8, 4) is 0 Å². The van der Waals surface area contributed by atoms with Gasteiger partial charge in [-0.05, 0) is 37.2 Å². The monoisotopic (exact) mass is 318 g/mol. The number of likely N-dealkylation sites (N-methyl/N-ethyl adjacent to an activating group) is 1. The van der Waals surface area contributed by atoms with E-state index in [1.807, 2.05) is 12.1 Å². The third-order valence-corrected chi connectivity index (χ3v) is 3.72. The van der Waals surface area contributed by atoms with E-state index in [4.69, 9.17) is 17.3 Å². The fourth-order valence-electron chi connectivity index (χ4n) is 2.07. The van der Waals surface area contributed by atoms with Crippen molar-refractivity contribution in [3.05, 3.63) is 33.3 Å². The summed E-state index contributed by atoms with van der Waals surface area (Å²) in [5, 5.41) is 0.782. The first kappa shape index (κ1) is 15.0. The van der Waals surface area contributed by atoms with E-state index in [1.165, 1.54) is 0 Å². The van der Waals surface area contributed by atoms with Crippen molar-refractivity contribution in [2.75, 3.05) is 19.6 Å². The Balaban J connectivity index is 2.99. The molecule has 0 saturated carbocycles. The van der Waals surface area contributed by atoms with Gasteiger partial charge >= 0.3 is 0 Å². The summed E-state index contributed by atoms with van der Waals surface area (Å²) in [6.45, 7) is 6.96. The molecule has 0 aliphatic carbocycles. The molecule has 0 amide bonds. The lowest BCUT2D eigenvalue weighted by atomic mass is 10.0. The maximum Gasteiger partial charge on any atom is 0.0485 e. The second-order valence-corrected chi connectivity index (χ2v) is 5.37. The molecule has 96 valence electrons. The van der Waals surface area contributed by atoms with E-state index in [1.54, 1.807) is 0 Å². The van der Waals surface area contributed by atoms with Crippen molar-refractivity contribution >= 4 is 27.5 Å². The van der Waals surface area contributed by atoms with Gasteiger partial charge in [0.25, 0.3) is 0 Å². The average molecular weight is 320 g/mol. The molecule has 0 aromatic heterocycles. The van der Waals surface area contributed by atoms with Crippen LogP contribution in [0.25, 0.3) is 0 Å². The minimum absolute atomic E-state index is 0.209. The highest BCUT2D eigenvalue weighted by atomic mass is 79.9. The Morgan fingerprint density at radius 3 is 2.59 bits per heavy atom. The third-order valence-electron chi connectivity index (χ3n) is 2.90. The fourth-order valence-corrected chi connectivity index (χ4v) is 2.87. The number of hydrogen-bond acceptors (Lipinski definition) is 2. The van der Waals surface area contributed by atoms with Gasteiger partial charge in [0.1, 0.15) is 0 Å². The summed E-state index contributed by atoms with van der Waals surface area (Å²) >= 11 is 9.71. The van der Waals surface area contributed by atoms with Crippen LogP contribution in [0.2, 0.25) is 5.02 Å². The van der Waals surface area contributed by atoms with Gasteiger partial charge in [-0.2, -0.15) is 0 Å². The first-order valence-electron chi connectivity index (χ1n) is 6.03. The third kappa shape index (κ3) is 3.95. The summed E-state index contributed by atoms with van der Waals surface area (Å²) in [4.78, 5) is 2.37. The molecule has 0 bridgehead atoms. The van der Waals surface area contributed by atoms with Gasteiger partial charge in [-0.25, -0.2) is 0 Å². The molecule has 17 heavy (non-hydrogen) atoms. The first-order chi connectivity index (χ1) is 8.13. The summed E-state index contributed by atoms with van der Waals surface area (Å²) < 4.78 is 1.00. The Bertz CT molecular complexity index is 357. The smallest absolute Gasteiger partial charge is 0.0485 e. The molecule has 0 aliphatic heterocycles. The van der Waals surface area contributed by atoms with E-state index in [0.717, 1.165) is 34.6 Å². The number of halogens is 2. The van der Waals surface area contributed by atoms with Crippen LogP contribution in [0.3, 0.4) is 0 Å². The summed E-state index contributed by atoms with van der Waals surface area (Å²) in [6.07, 6.45) is 1.12. The van der Waals surface area contributed by atoms with Crippen molar-refractivity contribution in [1.82, 2.24) is 4.90 Å². The van der Waals surface area contributed by atoms with E-state index in [2.05, 4.69) is 40.7 Å². The molecule has 0 spiro atoms. The van der Waals surface area contributed by atoms with Crippen LogP contribution in [0.4, 0.5) is 0 Å². The Kier molecular flexibility index (Phi) is 6.49. The summed E-state index contributed by atoms with van der Waals surface area (Å²) in [5.74, 6) is 0. The van der Waals surface area contributed by atoms with Crippen LogP contribution in [0.15, 0.2) is 22.7 Å². The molecule has 1 rings (SSSR count). The zero-order valence-electron chi connectivity index (χ0n) is 10.4. The summed E-state index contributed by atoms with van der Waals surface area (Å²) in [6, 6.07) is 6.21. The SMILES string of the molecule is CCCN(CC)C(CN)c1ccc(Br)cc1Cl. The Morgan fingerprint density at radius 1 is 1.41 bits per heavy atom. The molecule has 1 unspecified atom stereocenters. The minimum Gasteiger partial charge on any atom is -0.329 e. The van der Waals surface area contributed by atoms with Gasteiger partial charge in [-0.1, -0.05) is 47.4 Å². The van der Waals surface area contributed by atoms with Gasteiger partial charge in [0.05, 0.1) is 0 Å². The molecule has 0 fully saturated rings. The maximum absolute atomic E-state index is 6.29. The van der Waals surface area contributed by atoms with Crippen molar-refractivity contribution in [1.29, 1.82) is 0 Å². The van der Waals surface area contributed by atoms with E-state index in [-0.39, 0.29) is 6.04 Å². The lowest BCUT2D eigenvalue weighted by molar-refractivity contribution is 0.213. The highest BCUT2D eigenvalue weighted by Crippen LogP contribution is 2.29. The molecule has 4 heteroatoms.